The van der Waals surface area contributed by atoms with Gasteiger partial charge in [0.05, 0.1) is 24.4 Å². The van der Waals surface area contributed by atoms with Crippen molar-refractivity contribution in [2.45, 2.75) is 70.8 Å². The predicted octanol–water partition coefficient (Wildman–Crippen LogP) is 4.44. The van der Waals surface area contributed by atoms with Gasteiger partial charge in [0.25, 0.3) is 8.32 Å². The summed E-state index contributed by atoms with van der Waals surface area (Å²) in [5.41, 5.74) is 0.621. The smallest absolute Gasteiger partial charge is 0.261 e. The largest absolute Gasteiger partial charge is 0.404 e. The van der Waals surface area contributed by atoms with Gasteiger partial charge in [-0.2, -0.15) is 0 Å². The van der Waals surface area contributed by atoms with Crippen LogP contribution in [0.1, 0.15) is 48.0 Å². The Balaban J connectivity index is 1.92. The Kier molecular flexibility index (Phi) is 6.73. The second-order valence-electron chi connectivity index (χ2n) is 9.88. The average molecular weight is 425 g/mol. The molecule has 2 aromatic rings. The van der Waals surface area contributed by atoms with Crippen molar-refractivity contribution >= 4 is 18.7 Å². The highest BCUT2D eigenvalue weighted by Crippen LogP contribution is 2.37. The molecular weight excluding hydrogens is 388 g/mol. The Morgan fingerprint density at radius 1 is 1.07 bits per heavy atom. The fourth-order valence-electron chi connectivity index (χ4n) is 4.45. The van der Waals surface area contributed by atoms with Gasteiger partial charge in [-0.1, -0.05) is 87.5 Å². The molecule has 0 saturated carbocycles. The van der Waals surface area contributed by atoms with E-state index >= 15 is 0 Å². The van der Waals surface area contributed by atoms with Gasteiger partial charge in [-0.3, -0.25) is 0 Å². The van der Waals surface area contributed by atoms with E-state index in [2.05, 4.69) is 94.4 Å². The van der Waals surface area contributed by atoms with Crippen LogP contribution in [0.15, 0.2) is 72.3 Å². The third-order valence-corrected chi connectivity index (χ3v) is 11.3. The van der Waals surface area contributed by atoms with Crippen LogP contribution in [0.2, 0.25) is 5.04 Å². The number of aliphatic hydroxyl groups excluding tert-OH is 1. The van der Waals surface area contributed by atoms with E-state index in [0.29, 0.717) is 13.0 Å². The minimum atomic E-state index is -2.53. The summed E-state index contributed by atoms with van der Waals surface area (Å²) in [6, 6.07) is 21.4. The lowest BCUT2D eigenvalue weighted by molar-refractivity contribution is -0.0472. The maximum atomic E-state index is 10.3. The van der Waals surface area contributed by atoms with E-state index < -0.39 is 20.0 Å². The average Bonchev–Trinajstić information content (AvgIpc) is 2.98. The summed E-state index contributed by atoms with van der Waals surface area (Å²) in [5.74, 6) is 0. The zero-order valence-electron chi connectivity index (χ0n) is 19.2. The molecule has 4 heteroatoms. The van der Waals surface area contributed by atoms with E-state index in [1.54, 1.807) is 0 Å². The van der Waals surface area contributed by atoms with Crippen molar-refractivity contribution in [1.82, 2.24) is 0 Å². The fourth-order valence-corrected chi connectivity index (χ4v) is 8.94. The van der Waals surface area contributed by atoms with Crippen molar-refractivity contribution < 1.29 is 14.3 Å². The molecule has 0 aliphatic carbocycles. The first-order valence-corrected chi connectivity index (χ1v) is 12.8. The lowest BCUT2D eigenvalue weighted by Crippen LogP contribution is -2.66. The molecule has 30 heavy (non-hydrogen) atoms. The zero-order chi connectivity index (χ0) is 22.0. The van der Waals surface area contributed by atoms with Gasteiger partial charge in [-0.25, -0.2) is 0 Å². The third kappa shape index (κ3) is 4.47. The van der Waals surface area contributed by atoms with Crippen LogP contribution in [0, 0.1) is 0 Å². The summed E-state index contributed by atoms with van der Waals surface area (Å²) in [4.78, 5) is 0. The number of rotatable bonds is 6. The number of benzene rings is 2. The summed E-state index contributed by atoms with van der Waals surface area (Å²) in [5, 5.41) is 12.8. The molecule has 1 aliphatic rings. The lowest BCUT2D eigenvalue weighted by atomic mass is 9.99. The topological polar surface area (TPSA) is 38.7 Å². The maximum absolute atomic E-state index is 10.3. The second kappa shape index (κ2) is 8.79. The van der Waals surface area contributed by atoms with Crippen molar-refractivity contribution in [1.29, 1.82) is 0 Å². The molecule has 162 valence electrons. The standard InChI is InChI=1S/C26H36O3Si/c1-20(23-19-24(27)26(5,6)29-23)17-18-28-30(25(2,3)4,21-13-9-7-10-14-21)22-15-11-8-12-16-22/h7-17,23-24,27H,18-19H2,1-6H3/b20-17+/t23-,24+/m0/s1. The van der Waals surface area contributed by atoms with Gasteiger partial charge in [-0.15, -0.1) is 0 Å². The van der Waals surface area contributed by atoms with Crippen LogP contribution >= 0.6 is 0 Å². The maximum Gasteiger partial charge on any atom is 0.261 e. The van der Waals surface area contributed by atoms with Crippen LogP contribution in [0.25, 0.3) is 0 Å². The lowest BCUT2D eigenvalue weighted by Gasteiger charge is -2.42. The van der Waals surface area contributed by atoms with Crippen molar-refractivity contribution in [3.8, 4) is 0 Å². The number of hydrogen-bond donors (Lipinski definition) is 1. The molecule has 3 rings (SSSR count). The van der Waals surface area contributed by atoms with Crippen molar-refractivity contribution in [3.05, 3.63) is 72.3 Å². The third-order valence-electron chi connectivity index (χ3n) is 6.32. The molecule has 0 aromatic heterocycles. The summed E-state index contributed by atoms with van der Waals surface area (Å²) in [6.45, 7) is 13.4. The number of hydrogen-bond acceptors (Lipinski definition) is 3. The molecule has 0 unspecified atom stereocenters. The van der Waals surface area contributed by atoms with Crippen molar-refractivity contribution in [2.75, 3.05) is 6.61 Å². The van der Waals surface area contributed by atoms with E-state index in [4.69, 9.17) is 9.16 Å². The molecule has 1 saturated heterocycles. The van der Waals surface area contributed by atoms with E-state index in [9.17, 15) is 5.11 Å². The van der Waals surface area contributed by atoms with Crippen LogP contribution < -0.4 is 10.4 Å². The molecule has 0 spiro atoms. The van der Waals surface area contributed by atoms with Gasteiger partial charge in [0.15, 0.2) is 0 Å². The normalized spacial score (nSPS) is 22.3. The van der Waals surface area contributed by atoms with Gasteiger partial charge in [-0.05, 0) is 41.8 Å². The van der Waals surface area contributed by atoms with E-state index in [0.717, 1.165) is 5.57 Å². The molecule has 1 fully saturated rings. The Bertz CT molecular complexity index is 813. The predicted molar refractivity (Wildman–Crippen MR) is 127 cm³/mol. The van der Waals surface area contributed by atoms with Crippen molar-refractivity contribution in [2.24, 2.45) is 0 Å². The molecule has 1 N–H and O–H groups in total. The number of aliphatic hydroxyl groups is 1. The molecular formula is C26H36O3Si. The van der Waals surface area contributed by atoms with Crippen LogP contribution in [0.5, 0.6) is 0 Å². The zero-order valence-corrected chi connectivity index (χ0v) is 20.2. The van der Waals surface area contributed by atoms with Gasteiger partial charge in [0.2, 0.25) is 0 Å². The van der Waals surface area contributed by atoms with Crippen LogP contribution in [-0.4, -0.2) is 37.8 Å². The first-order chi connectivity index (χ1) is 14.1. The van der Waals surface area contributed by atoms with E-state index in [1.165, 1.54) is 10.4 Å². The molecule has 2 atom stereocenters. The first-order valence-electron chi connectivity index (χ1n) is 10.9. The quantitative estimate of drug-likeness (QED) is 0.550. The molecule has 0 bridgehead atoms. The Morgan fingerprint density at radius 2 is 1.57 bits per heavy atom. The fraction of sp³-hybridized carbons (Fsp3) is 0.462. The van der Waals surface area contributed by atoms with Crippen LogP contribution in [-0.2, 0) is 9.16 Å². The Hall–Kier alpha value is -1.72. The van der Waals surface area contributed by atoms with E-state index in [-0.39, 0.29) is 11.1 Å². The summed E-state index contributed by atoms with van der Waals surface area (Å²) < 4.78 is 13.0. The monoisotopic (exact) mass is 424 g/mol. The van der Waals surface area contributed by atoms with Crippen LogP contribution in [0.3, 0.4) is 0 Å². The molecule has 3 nitrogen and oxygen atoms in total. The van der Waals surface area contributed by atoms with Crippen LogP contribution in [0.4, 0.5) is 0 Å². The first kappa shape index (κ1) is 23.0. The van der Waals surface area contributed by atoms with Gasteiger partial charge in [0, 0.05) is 6.42 Å². The van der Waals surface area contributed by atoms with Gasteiger partial charge >= 0.3 is 0 Å². The second-order valence-corrected chi connectivity index (χ2v) is 14.2. The minimum absolute atomic E-state index is 0.0422. The highest BCUT2D eigenvalue weighted by atomic mass is 28.4. The van der Waals surface area contributed by atoms with Gasteiger partial charge < -0.3 is 14.3 Å². The highest BCUT2D eigenvalue weighted by Gasteiger charge is 2.50. The van der Waals surface area contributed by atoms with Gasteiger partial charge in [0.1, 0.15) is 0 Å². The summed E-state index contributed by atoms with van der Waals surface area (Å²) >= 11 is 0. The van der Waals surface area contributed by atoms with Crippen molar-refractivity contribution in [3.63, 3.8) is 0 Å². The molecule has 1 heterocycles. The highest BCUT2D eigenvalue weighted by molar-refractivity contribution is 6.99. The molecule has 2 aromatic carbocycles. The number of ether oxygens (including phenoxy) is 1. The Labute approximate surface area is 182 Å². The molecule has 0 radical (unpaired) electrons. The van der Waals surface area contributed by atoms with E-state index in [1.807, 2.05) is 13.8 Å². The molecule has 1 aliphatic heterocycles. The summed E-state index contributed by atoms with van der Waals surface area (Å²) in [6.07, 6.45) is 2.27. The molecule has 0 amide bonds. The summed E-state index contributed by atoms with van der Waals surface area (Å²) in [7, 11) is -2.53. The SMILES string of the molecule is C/C(=C\CO[Si](c1ccccc1)(c1ccccc1)C(C)(C)C)[C@@H]1C[C@@H](O)C(C)(C)O1. The minimum Gasteiger partial charge on any atom is -0.404 e. The Morgan fingerprint density at radius 3 is 1.97 bits per heavy atom.